The van der Waals surface area contributed by atoms with Crippen molar-refractivity contribution in [2.45, 2.75) is 26.4 Å². The van der Waals surface area contributed by atoms with E-state index in [2.05, 4.69) is 0 Å². The van der Waals surface area contributed by atoms with Crippen LogP contribution in [0.25, 0.3) is 0 Å². The molecule has 0 bridgehead atoms. The number of hydrogen-bond acceptors (Lipinski definition) is 2. The Bertz CT molecular complexity index is 419. The minimum absolute atomic E-state index is 0.0771. The fourth-order valence-electron chi connectivity index (χ4n) is 1.94. The number of benzene rings is 1. The number of carbonyl (C=O) groups is 1. The largest absolute Gasteiger partial charge is 0.278 e. The number of hydrogen-bond donors (Lipinski definition) is 0. The summed E-state index contributed by atoms with van der Waals surface area (Å²) in [6.07, 6.45) is 0.484. The molecule has 0 aromatic heterocycles. The van der Waals surface area contributed by atoms with E-state index in [0.717, 1.165) is 11.1 Å². The average Bonchev–Trinajstić information content (AvgIpc) is 2.69. The van der Waals surface area contributed by atoms with Gasteiger partial charge in [-0.1, -0.05) is 13.0 Å². The molecule has 0 atom stereocenters. The third-order valence-electron chi connectivity index (χ3n) is 2.96. The first kappa shape index (κ1) is 11.1. The van der Waals surface area contributed by atoms with Crippen LogP contribution in [0.4, 0.5) is 4.39 Å². The van der Waals surface area contributed by atoms with Crippen LogP contribution in [0.3, 0.4) is 0 Å². The summed E-state index contributed by atoms with van der Waals surface area (Å²) in [5.74, 6) is -0.140. The maximum atomic E-state index is 13.0. The highest BCUT2D eigenvalue weighted by atomic mass is 19.1. The zero-order valence-corrected chi connectivity index (χ0v) is 9.53. The first-order chi connectivity index (χ1) is 7.61. The smallest absolute Gasteiger partial charge is 0.236 e. The highest BCUT2D eigenvalue weighted by molar-refractivity contribution is 5.75. The zero-order chi connectivity index (χ0) is 11.7. The first-order valence-corrected chi connectivity index (χ1v) is 5.40. The molecule has 4 heteroatoms. The van der Waals surface area contributed by atoms with Gasteiger partial charge in [-0.3, -0.25) is 9.80 Å². The standard InChI is InChI=1S/C12H15FN2O/c1-3-12(16)14(2)15-7-9-4-5-11(13)6-10(9)8-15/h4-6H,3,7-8H2,1-2H3. The lowest BCUT2D eigenvalue weighted by molar-refractivity contribution is -0.146. The Balaban J connectivity index is 2.13. The van der Waals surface area contributed by atoms with E-state index >= 15 is 0 Å². The van der Waals surface area contributed by atoms with Crippen LogP contribution in [0.15, 0.2) is 18.2 Å². The molecule has 0 unspecified atom stereocenters. The van der Waals surface area contributed by atoms with Gasteiger partial charge in [0.05, 0.1) is 0 Å². The lowest BCUT2D eigenvalue weighted by Gasteiger charge is -2.27. The monoisotopic (exact) mass is 222 g/mol. The van der Waals surface area contributed by atoms with Gasteiger partial charge in [-0.2, -0.15) is 0 Å². The van der Waals surface area contributed by atoms with Crippen LogP contribution in [-0.2, 0) is 17.9 Å². The van der Waals surface area contributed by atoms with Gasteiger partial charge >= 0.3 is 0 Å². The first-order valence-electron chi connectivity index (χ1n) is 5.40. The van der Waals surface area contributed by atoms with E-state index in [9.17, 15) is 9.18 Å². The fraction of sp³-hybridized carbons (Fsp3) is 0.417. The van der Waals surface area contributed by atoms with Crippen molar-refractivity contribution in [3.8, 4) is 0 Å². The number of halogens is 1. The van der Waals surface area contributed by atoms with E-state index in [-0.39, 0.29) is 11.7 Å². The van der Waals surface area contributed by atoms with Crippen LogP contribution in [-0.4, -0.2) is 23.0 Å². The van der Waals surface area contributed by atoms with Crippen LogP contribution in [0.5, 0.6) is 0 Å². The Labute approximate surface area is 94.4 Å². The average molecular weight is 222 g/mol. The lowest BCUT2D eigenvalue weighted by Crippen LogP contribution is -2.39. The fourth-order valence-corrected chi connectivity index (χ4v) is 1.94. The Hall–Kier alpha value is -1.42. The van der Waals surface area contributed by atoms with E-state index in [1.54, 1.807) is 24.2 Å². The number of rotatable bonds is 2. The molecule has 86 valence electrons. The number of amides is 1. The van der Waals surface area contributed by atoms with Crippen molar-refractivity contribution in [2.75, 3.05) is 7.05 Å². The van der Waals surface area contributed by atoms with Crippen molar-refractivity contribution in [1.82, 2.24) is 10.0 Å². The summed E-state index contributed by atoms with van der Waals surface area (Å²) in [5.41, 5.74) is 2.06. The second-order valence-corrected chi connectivity index (χ2v) is 4.01. The third kappa shape index (κ3) is 1.93. The highest BCUT2D eigenvalue weighted by Crippen LogP contribution is 2.24. The second-order valence-electron chi connectivity index (χ2n) is 4.01. The van der Waals surface area contributed by atoms with Gasteiger partial charge in [0.25, 0.3) is 0 Å². The highest BCUT2D eigenvalue weighted by Gasteiger charge is 2.24. The van der Waals surface area contributed by atoms with Crippen LogP contribution in [0.2, 0.25) is 0 Å². The molecule has 0 saturated heterocycles. The molecule has 0 N–H and O–H groups in total. The van der Waals surface area contributed by atoms with Crippen molar-refractivity contribution in [1.29, 1.82) is 0 Å². The number of hydrazine groups is 1. The molecule has 2 rings (SSSR count). The van der Waals surface area contributed by atoms with Crippen molar-refractivity contribution in [2.24, 2.45) is 0 Å². The van der Waals surface area contributed by atoms with Gasteiger partial charge in [-0.25, -0.2) is 9.40 Å². The van der Waals surface area contributed by atoms with E-state index in [0.29, 0.717) is 19.5 Å². The van der Waals surface area contributed by atoms with Gasteiger partial charge in [0.15, 0.2) is 0 Å². The molecular formula is C12H15FN2O. The summed E-state index contributed by atoms with van der Waals surface area (Å²) in [6.45, 7) is 3.12. The Morgan fingerprint density at radius 1 is 1.44 bits per heavy atom. The third-order valence-corrected chi connectivity index (χ3v) is 2.96. The predicted molar refractivity (Wildman–Crippen MR) is 58.7 cm³/mol. The van der Waals surface area contributed by atoms with Gasteiger partial charge in [-0.05, 0) is 23.3 Å². The molecule has 0 saturated carbocycles. The predicted octanol–water partition coefficient (Wildman–Crippen LogP) is 1.92. The molecule has 1 aromatic rings. The van der Waals surface area contributed by atoms with Crippen molar-refractivity contribution >= 4 is 5.91 Å². The van der Waals surface area contributed by atoms with E-state index in [1.807, 2.05) is 11.9 Å². The quantitative estimate of drug-likeness (QED) is 0.763. The molecule has 3 nitrogen and oxygen atoms in total. The summed E-state index contributed by atoms with van der Waals surface area (Å²) in [6, 6.07) is 4.79. The molecule has 1 aliphatic rings. The minimum Gasteiger partial charge on any atom is -0.278 e. The number of carbonyl (C=O) groups excluding carboxylic acids is 1. The normalized spacial score (nSPS) is 14.9. The molecule has 16 heavy (non-hydrogen) atoms. The number of nitrogens with zero attached hydrogens (tertiary/aromatic N) is 2. The molecule has 0 fully saturated rings. The molecule has 1 amide bonds. The van der Waals surface area contributed by atoms with E-state index < -0.39 is 0 Å². The van der Waals surface area contributed by atoms with E-state index in [1.165, 1.54) is 6.07 Å². The lowest BCUT2D eigenvalue weighted by atomic mass is 10.1. The van der Waals surface area contributed by atoms with Crippen molar-refractivity contribution in [3.05, 3.63) is 35.1 Å². The molecular weight excluding hydrogens is 207 g/mol. The van der Waals surface area contributed by atoms with Crippen LogP contribution < -0.4 is 0 Å². The maximum Gasteiger partial charge on any atom is 0.236 e. The minimum atomic E-state index is -0.218. The molecule has 0 spiro atoms. The summed E-state index contributed by atoms with van der Waals surface area (Å²) in [7, 11) is 1.76. The Morgan fingerprint density at radius 2 is 2.12 bits per heavy atom. The molecule has 0 radical (unpaired) electrons. The SMILES string of the molecule is CCC(=O)N(C)N1Cc2ccc(F)cc2C1. The van der Waals surface area contributed by atoms with Crippen LogP contribution in [0.1, 0.15) is 24.5 Å². The molecule has 0 aliphatic carbocycles. The molecule has 1 aromatic carbocycles. The maximum absolute atomic E-state index is 13.0. The topological polar surface area (TPSA) is 23.6 Å². The zero-order valence-electron chi connectivity index (χ0n) is 9.53. The Morgan fingerprint density at radius 3 is 2.81 bits per heavy atom. The van der Waals surface area contributed by atoms with Gasteiger partial charge in [0.2, 0.25) is 5.91 Å². The summed E-state index contributed by atoms with van der Waals surface area (Å²) >= 11 is 0. The molecule has 1 heterocycles. The summed E-state index contributed by atoms with van der Waals surface area (Å²) in [4.78, 5) is 11.5. The second kappa shape index (κ2) is 4.22. The van der Waals surface area contributed by atoms with E-state index in [4.69, 9.17) is 0 Å². The number of fused-ring (bicyclic) bond motifs is 1. The van der Waals surface area contributed by atoms with Gasteiger partial charge in [-0.15, -0.1) is 0 Å². The van der Waals surface area contributed by atoms with Crippen molar-refractivity contribution in [3.63, 3.8) is 0 Å². The molecule has 1 aliphatic heterocycles. The summed E-state index contributed by atoms with van der Waals surface area (Å²) < 4.78 is 13.0. The van der Waals surface area contributed by atoms with Crippen LogP contribution in [0, 0.1) is 5.82 Å². The van der Waals surface area contributed by atoms with Gasteiger partial charge in [0, 0.05) is 26.6 Å². The Kier molecular flexibility index (Phi) is 2.92. The van der Waals surface area contributed by atoms with Crippen molar-refractivity contribution < 1.29 is 9.18 Å². The van der Waals surface area contributed by atoms with Crippen LogP contribution >= 0.6 is 0 Å². The van der Waals surface area contributed by atoms with Gasteiger partial charge in [0.1, 0.15) is 5.82 Å². The summed E-state index contributed by atoms with van der Waals surface area (Å²) in [5, 5.41) is 3.55. The van der Waals surface area contributed by atoms with Gasteiger partial charge < -0.3 is 0 Å².